The summed E-state index contributed by atoms with van der Waals surface area (Å²) in [4.78, 5) is 10.3. The monoisotopic (exact) mass is 275 g/mol. The lowest BCUT2D eigenvalue weighted by atomic mass is 10.2. The van der Waals surface area contributed by atoms with Crippen molar-refractivity contribution in [2.45, 2.75) is 6.54 Å². The maximum Gasteiger partial charge on any atom is 0.123 e. The topological polar surface area (TPSA) is 69.2 Å². The molecule has 6 heteroatoms. The second kappa shape index (κ2) is 7.02. The van der Waals surface area contributed by atoms with Gasteiger partial charge in [-0.1, -0.05) is 0 Å². The maximum absolute atomic E-state index is 5.71. The average Bonchev–Trinajstić information content (AvgIpc) is 2.86. The predicted molar refractivity (Wildman–Crippen MR) is 79.2 cm³/mol. The fourth-order valence-corrected chi connectivity index (χ4v) is 1.86. The van der Waals surface area contributed by atoms with Crippen LogP contribution < -0.4 is 5.73 Å². The average molecular weight is 275 g/mol. The van der Waals surface area contributed by atoms with Gasteiger partial charge in [-0.2, -0.15) is 0 Å². The largest absolute Gasteiger partial charge is 0.384 e. The van der Waals surface area contributed by atoms with Crippen molar-refractivity contribution in [3.63, 3.8) is 0 Å². The number of nitrogen functional groups attached to an aromatic ring is 1. The first kappa shape index (κ1) is 14.5. The van der Waals surface area contributed by atoms with E-state index in [4.69, 9.17) is 10.5 Å². The molecule has 0 radical (unpaired) electrons. The lowest BCUT2D eigenvalue weighted by molar-refractivity contribution is 0.111. The van der Waals surface area contributed by atoms with E-state index in [-0.39, 0.29) is 0 Å². The van der Waals surface area contributed by atoms with E-state index in [9.17, 15) is 0 Å². The van der Waals surface area contributed by atoms with E-state index in [1.165, 1.54) is 0 Å². The number of aromatic nitrogens is 3. The molecule has 0 spiro atoms. The van der Waals surface area contributed by atoms with Crippen LogP contribution in [0.15, 0.2) is 30.9 Å². The van der Waals surface area contributed by atoms with Crippen LogP contribution in [-0.2, 0) is 11.3 Å². The van der Waals surface area contributed by atoms with Crippen LogP contribution in [0.4, 0.5) is 5.82 Å². The number of nitrogens with zero attached hydrogens (tertiary/aromatic N) is 4. The van der Waals surface area contributed by atoms with E-state index >= 15 is 0 Å². The molecule has 0 amide bonds. The Morgan fingerprint density at radius 3 is 2.95 bits per heavy atom. The fourth-order valence-electron chi connectivity index (χ4n) is 1.86. The van der Waals surface area contributed by atoms with Gasteiger partial charge in [-0.25, -0.2) is 9.97 Å². The van der Waals surface area contributed by atoms with E-state index in [2.05, 4.69) is 19.4 Å². The lowest BCUT2D eigenvalue weighted by Gasteiger charge is -2.11. The quantitative estimate of drug-likeness (QED) is 0.766. The highest BCUT2D eigenvalue weighted by molar-refractivity contribution is 5.61. The number of rotatable bonds is 7. The van der Waals surface area contributed by atoms with Gasteiger partial charge in [0.25, 0.3) is 0 Å². The third-order valence-corrected chi connectivity index (χ3v) is 2.95. The first-order valence-electron chi connectivity index (χ1n) is 6.61. The molecule has 0 unspecified atom stereocenters. The third-order valence-electron chi connectivity index (χ3n) is 2.95. The lowest BCUT2D eigenvalue weighted by Crippen LogP contribution is -2.19. The summed E-state index contributed by atoms with van der Waals surface area (Å²) in [6, 6.07) is 3.77. The molecule has 0 fully saturated rings. The van der Waals surface area contributed by atoms with E-state index in [0.29, 0.717) is 12.4 Å². The SMILES string of the molecule is CN(C)CCOCCn1cncc1-c1ccnc(N)c1. The number of ether oxygens (including phenoxy) is 1. The van der Waals surface area contributed by atoms with Crippen LogP contribution in [0.3, 0.4) is 0 Å². The molecule has 6 nitrogen and oxygen atoms in total. The molecule has 0 saturated heterocycles. The summed E-state index contributed by atoms with van der Waals surface area (Å²) < 4.78 is 7.67. The van der Waals surface area contributed by atoms with Crippen LogP contribution in [-0.4, -0.2) is 53.3 Å². The van der Waals surface area contributed by atoms with Crippen molar-refractivity contribution in [3.8, 4) is 11.3 Å². The number of nitrogens with two attached hydrogens (primary N) is 1. The van der Waals surface area contributed by atoms with Crippen molar-refractivity contribution >= 4 is 5.82 Å². The Labute approximate surface area is 119 Å². The van der Waals surface area contributed by atoms with Gasteiger partial charge in [-0.15, -0.1) is 0 Å². The highest BCUT2D eigenvalue weighted by Gasteiger charge is 2.05. The minimum Gasteiger partial charge on any atom is -0.384 e. The van der Waals surface area contributed by atoms with Crippen molar-refractivity contribution < 1.29 is 4.74 Å². The Balaban J connectivity index is 1.92. The molecule has 0 aliphatic rings. The summed E-state index contributed by atoms with van der Waals surface area (Å²) in [6.07, 6.45) is 5.34. The van der Waals surface area contributed by atoms with Gasteiger partial charge in [-0.3, -0.25) is 0 Å². The number of imidazole rings is 1. The zero-order valence-electron chi connectivity index (χ0n) is 12.0. The summed E-state index contributed by atoms with van der Waals surface area (Å²) in [6.45, 7) is 3.10. The second-order valence-electron chi connectivity index (χ2n) is 4.86. The van der Waals surface area contributed by atoms with Crippen LogP contribution in [0.1, 0.15) is 0 Å². The molecule has 20 heavy (non-hydrogen) atoms. The van der Waals surface area contributed by atoms with Gasteiger partial charge in [-0.05, 0) is 26.2 Å². The first-order valence-corrected chi connectivity index (χ1v) is 6.61. The molecule has 0 aliphatic carbocycles. The third kappa shape index (κ3) is 4.04. The minimum atomic E-state index is 0.512. The standard InChI is InChI=1S/C14H21N5O/c1-18(2)5-7-20-8-6-19-11-16-10-13(19)12-3-4-17-14(15)9-12/h3-4,9-11H,5-8H2,1-2H3,(H2,15,17). The minimum absolute atomic E-state index is 0.512. The molecule has 108 valence electrons. The smallest absolute Gasteiger partial charge is 0.123 e. The van der Waals surface area contributed by atoms with Crippen molar-refractivity contribution in [1.29, 1.82) is 0 Å². The van der Waals surface area contributed by atoms with Gasteiger partial charge in [0.05, 0.1) is 31.4 Å². The van der Waals surface area contributed by atoms with Gasteiger partial charge in [0.1, 0.15) is 5.82 Å². The number of anilines is 1. The highest BCUT2D eigenvalue weighted by Crippen LogP contribution is 2.19. The molecule has 2 aromatic rings. The molecular weight excluding hydrogens is 254 g/mol. The number of hydrogen-bond donors (Lipinski definition) is 1. The van der Waals surface area contributed by atoms with Crippen LogP contribution in [0, 0.1) is 0 Å². The predicted octanol–water partition coefficient (Wildman–Crippen LogP) is 1.11. The van der Waals surface area contributed by atoms with Crippen LogP contribution in [0.25, 0.3) is 11.3 Å². The van der Waals surface area contributed by atoms with Crippen molar-refractivity contribution in [1.82, 2.24) is 19.4 Å². The molecule has 2 aromatic heterocycles. The molecule has 2 heterocycles. The number of pyridine rings is 1. The van der Waals surface area contributed by atoms with Crippen molar-refractivity contribution in [2.24, 2.45) is 0 Å². The molecule has 2 rings (SSSR count). The summed E-state index contributed by atoms with van der Waals surface area (Å²) in [5.74, 6) is 0.512. The molecule has 0 aromatic carbocycles. The summed E-state index contributed by atoms with van der Waals surface area (Å²) in [5, 5.41) is 0. The highest BCUT2D eigenvalue weighted by atomic mass is 16.5. The van der Waals surface area contributed by atoms with Gasteiger partial charge in [0.2, 0.25) is 0 Å². The van der Waals surface area contributed by atoms with Gasteiger partial charge < -0.3 is 19.9 Å². The molecular formula is C14H21N5O. The Morgan fingerprint density at radius 2 is 2.20 bits per heavy atom. The summed E-state index contributed by atoms with van der Waals surface area (Å²) in [7, 11) is 4.07. The molecule has 0 saturated carbocycles. The maximum atomic E-state index is 5.71. The Hall–Kier alpha value is -1.92. The zero-order valence-corrected chi connectivity index (χ0v) is 12.0. The van der Waals surface area contributed by atoms with E-state index in [1.54, 1.807) is 12.5 Å². The molecule has 0 aliphatic heterocycles. The fraction of sp³-hybridized carbons (Fsp3) is 0.429. The van der Waals surface area contributed by atoms with E-state index in [0.717, 1.165) is 31.0 Å². The van der Waals surface area contributed by atoms with Crippen LogP contribution >= 0.6 is 0 Å². The molecule has 0 atom stereocenters. The van der Waals surface area contributed by atoms with Gasteiger partial charge >= 0.3 is 0 Å². The van der Waals surface area contributed by atoms with E-state index < -0.39 is 0 Å². The zero-order chi connectivity index (χ0) is 14.4. The van der Waals surface area contributed by atoms with Crippen LogP contribution in [0.2, 0.25) is 0 Å². The Bertz CT molecular complexity index is 538. The number of hydrogen-bond acceptors (Lipinski definition) is 5. The summed E-state index contributed by atoms with van der Waals surface area (Å²) >= 11 is 0. The van der Waals surface area contributed by atoms with Gasteiger partial charge in [0, 0.05) is 24.8 Å². The van der Waals surface area contributed by atoms with Crippen LogP contribution in [0.5, 0.6) is 0 Å². The van der Waals surface area contributed by atoms with Gasteiger partial charge in [0.15, 0.2) is 0 Å². The van der Waals surface area contributed by atoms with Crippen molar-refractivity contribution in [3.05, 3.63) is 30.9 Å². The molecule has 2 N–H and O–H groups in total. The molecule has 0 bridgehead atoms. The van der Waals surface area contributed by atoms with Crippen molar-refractivity contribution in [2.75, 3.05) is 39.6 Å². The second-order valence-corrected chi connectivity index (χ2v) is 4.86. The van der Waals surface area contributed by atoms with E-state index in [1.807, 2.05) is 32.4 Å². The normalized spacial score (nSPS) is 11.2. The Morgan fingerprint density at radius 1 is 1.35 bits per heavy atom. The Kier molecular flexibility index (Phi) is 5.09. The first-order chi connectivity index (χ1) is 9.66. The summed E-state index contributed by atoms with van der Waals surface area (Å²) in [5.41, 5.74) is 7.75. The number of likely N-dealkylation sites (N-methyl/N-ethyl adjacent to an activating group) is 1.